The molecule has 1 fully saturated rings. The van der Waals surface area contributed by atoms with Crippen LogP contribution in [-0.2, 0) is 0 Å². The lowest BCUT2D eigenvalue weighted by Gasteiger charge is -2.28. The molecule has 1 aliphatic heterocycles. The molecule has 1 saturated heterocycles. The molecule has 82 valence electrons. The summed E-state index contributed by atoms with van der Waals surface area (Å²) < 4.78 is 0. The van der Waals surface area contributed by atoms with Crippen molar-refractivity contribution >= 4 is 5.69 Å². The maximum absolute atomic E-state index is 3.56. The van der Waals surface area contributed by atoms with E-state index >= 15 is 0 Å². The van der Waals surface area contributed by atoms with E-state index in [4.69, 9.17) is 0 Å². The Balaban J connectivity index is 1.78. The van der Waals surface area contributed by atoms with Gasteiger partial charge in [-0.1, -0.05) is 25.1 Å². The predicted molar refractivity (Wildman–Crippen MR) is 65.1 cm³/mol. The Morgan fingerprint density at radius 2 is 2.13 bits per heavy atom. The summed E-state index contributed by atoms with van der Waals surface area (Å²) in [6, 6.07) is 11.1. The highest BCUT2D eigenvalue weighted by Crippen LogP contribution is 2.15. The van der Waals surface area contributed by atoms with E-state index in [2.05, 4.69) is 41.8 Å². The normalized spacial score (nSPS) is 26.2. The molecule has 1 aliphatic rings. The SMILES string of the molecule is C[C@@H]1CCN[C@H](CNc2ccccc2)C1. The van der Waals surface area contributed by atoms with Crippen LogP contribution >= 0.6 is 0 Å². The van der Waals surface area contributed by atoms with Crippen molar-refractivity contribution in [2.24, 2.45) is 5.92 Å². The molecule has 2 nitrogen and oxygen atoms in total. The maximum atomic E-state index is 3.56. The van der Waals surface area contributed by atoms with Crippen LogP contribution < -0.4 is 10.6 Å². The van der Waals surface area contributed by atoms with Gasteiger partial charge in [0.1, 0.15) is 0 Å². The second-order valence-electron chi connectivity index (χ2n) is 4.53. The number of anilines is 1. The summed E-state index contributed by atoms with van der Waals surface area (Å²) in [5, 5.41) is 7.03. The first kappa shape index (κ1) is 10.5. The van der Waals surface area contributed by atoms with Crippen LogP contribution in [0.5, 0.6) is 0 Å². The molecule has 2 atom stereocenters. The van der Waals surface area contributed by atoms with Gasteiger partial charge in [-0.05, 0) is 37.4 Å². The third-order valence-electron chi connectivity index (χ3n) is 3.08. The average Bonchev–Trinajstić information content (AvgIpc) is 2.28. The smallest absolute Gasteiger partial charge is 0.0340 e. The van der Waals surface area contributed by atoms with Crippen LogP contribution in [0, 0.1) is 5.92 Å². The summed E-state index contributed by atoms with van der Waals surface area (Å²) in [5.41, 5.74) is 1.22. The van der Waals surface area contributed by atoms with Gasteiger partial charge in [0.2, 0.25) is 0 Å². The lowest BCUT2D eigenvalue weighted by Crippen LogP contribution is -2.41. The largest absolute Gasteiger partial charge is 0.383 e. The highest BCUT2D eigenvalue weighted by atomic mass is 15.0. The standard InChI is InChI=1S/C13H20N2/c1-11-7-8-14-13(9-11)10-15-12-5-3-2-4-6-12/h2-6,11,13-15H,7-10H2,1H3/t11-,13+/m1/s1. The molecule has 0 bridgehead atoms. The molecule has 2 rings (SSSR count). The van der Waals surface area contributed by atoms with Crippen LogP contribution in [0.15, 0.2) is 30.3 Å². The average molecular weight is 204 g/mol. The molecule has 2 heteroatoms. The minimum absolute atomic E-state index is 0.633. The monoisotopic (exact) mass is 204 g/mol. The summed E-state index contributed by atoms with van der Waals surface area (Å²) in [7, 11) is 0. The van der Waals surface area contributed by atoms with Gasteiger partial charge in [-0.15, -0.1) is 0 Å². The topological polar surface area (TPSA) is 24.1 Å². The Morgan fingerprint density at radius 3 is 2.87 bits per heavy atom. The van der Waals surface area contributed by atoms with Gasteiger partial charge in [-0.3, -0.25) is 0 Å². The molecule has 0 aromatic heterocycles. The van der Waals surface area contributed by atoms with Gasteiger partial charge in [0, 0.05) is 18.3 Å². The number of nitrogens with one attached hydrogen (secondary N) is 2. The van der Waals surface area contributed by atoms with Crippen molar-refractivity contribution in [3.63, 3.8) is 0 Å². The second-order valence-corrected chi connectivity index (χ2v) is 4.53. The van der Waals surface area contributed by atoms with Crippen LogP contribution in [-0.4, -0.2) is 19.1 Å². The van der Waals surface area contributed by atoms with Crippen molar-refractivity contribution in [3.8, 4) is 0 Å². The zero-order chi connectivity index (χ0) is 10.5. The number of hydrogen-bond donors (Lipinski definition) is 2. The summed E-state index contributed by atoms with van der Waals surface area (Å²) >= 11 is 0. The van der Waals surface area contributed by atoms with Crippen molar-refractivity contribution in [1.29, 1.82) is 0 Å². The summed E-state index contributed by atoms with van der Waals surface area (Å²) in [5.74, 6) is 0.869. The molecule has 1 aromatic carbocycles. The number of para-hydroxylation sites is 1. The van der Waals surface area contributed by atoms with E-state index in [0.29, 0.717) is 6.04 Å². The lowest BCUT2D eigenvalue weighted by atomic mass is 9.94. The van der Waals surface area contributed by atoms with Gasteiger partial charge < -0.3 is 10.6 Å². The quantitative estimate of drug-likeness (QED) is 0.790. The number of hydrogen-bond acceptors (Lipinski definition) is 2. The van der Waals surface area contributed by atoms with Crippen molar-refractivity contribution < 1.29 is 0 Å². The van der Waals surface area contributed by atoms with E-state index < -0.39 is 0 Å². The van der Waals surface area contributed by atoms with E-state index in [1.165, 1.54) is 25.1 Å². The highest BCUT2D eigenvalue weighted by molar-refractivity contribution is 5.42. The molecule has 1 aromatic rings. The molecule has 0 radical (unpaired) electrons. The van der Waals surface area contributed by atoms with Crippen molar-refractivity contribution in [3.05, 3.63) is 30.3 Å². The predicted octanol–water partition coefficient (Wildman–Crippen LogP) is 2.49. The van der Waals surface area contributed by atoms with E-state index in [9.17, 15) is 0 Å². The summed E-state index contributed by atoms with van der Waals surface area (Å²) in [6.45, 7) is 4.55. The molecular weight excluding hydrogens is 184 g/mol. The Bertz CT molecular complexity index is 284. The lowest BCUT2D eigenvalue weighted by molar-refractivity contribution is 0.329. The molecule has 0 unspecified atom stereocenters. The third-order valence-corrected chi connectivity index (χ3v) is 3.08. The molecule has 0 spiro atoms. The van der Waals surface area contributed by atoms with Gasteiger partial charge in [-0.2, -0.15) is 0 Å². The Morgan fingerprint density at radius 1 is 1.33 bits per heavy atom. The van der Waals surface area contributed by atoms with Gasteiger partial charge in [0.15, 0.2) is 0 Å². The van der Waals surface area contributed by atoms with Crippen molar-refractivity contribution in [2.45, 2.75) is 25.8 Å². The minimum atomic E-state index is 0.633. The molecular formula is C13H20N2. The van der Waals surface area contributed by atoms with Gasteiger partial charge in [0.05, 0.1) is 0 Å². The first-order chi connectivity index (χ1) is 7.34. The molecule has 0 saturated carbocycles. The molecule has 15 heavy (non-hydrogen) atoms. The van der Waals surface area contributed by atoms with Crippen LogP contribution in [0.4, 0.5) is 5.69 Å². The molecule has 2 N–H and O–H groups in total. The minimum Gasteiger partial charge on any atom is -0.383 e. The van der Waals surface area contributed by atoms with E-state index in [1.807, 2.05) is 6.07 Å². The van der Waals surface area contributed by atoms with Crippen LogP contribution in [0.2, 0.25) is 0 Å². The number of piperidine rings is 1. The van der Waals surface area contributed by atoms with Crippen LogP contribution in [0.1, 0.15) is 19.8 Å². The van der Waals surface area contributed by atoms with E-state index in [0.717, 1.165) is 12.5 Å². The second kappa shape index (κ2) is 5.17. The number of rotatable bonds is 3. The van der Waals surface area contributed by atoms with Gasteiger partial charge >= 0.3 is 0 Å². The fourth-order valence-electron chi connectivity index (χ4n) is 2.17. The zero-order valence-electron chi connectivity index (χ0n) is 9.37. The first-order valence-electron chi connectivity index (χ1n) is 5.87. The maximum Gasteiger partial charge on any atom is 0.0340 e. The Kier molecular flexibility index (Phi) is 3.62. The Hall–Kier alpha value is -1.02. The van der Waals surface area contributed by atoms with Crippen molar-refractivity contribution in [1.82, 2.24) is 5.32 Å². The molecule has 0 amide bonds. The van der Waals surface area contributed by atoms with E-state index in [-0.39, 0.29) is 0 Å². The Labute approximate surface area is 92.1 Å². The highest BCUT2D eigenvalue weighted by Gasteiger charge is 2.17. The van der Waals surface area contributed by atoms with Gasteiger partial charge in [-0.25, -0.2) is 0 Å². The van der Waals surface area contributed by atoms with E-state index in [1.54, 1.807) is 0 Å². The van der Waals surface area contributed by atoms with Crippen molar-refractivity contribution in [2.75, 3.05) is 18.4 Å². The molecule has 1 heterocycles. The van der Waals surface area contributed by atoms with Crippen LogP contribution in [0.3, 0.4) is 0 Å². The van der Waals surface area contributed by atoms with Crippen LogP contribution in [0.25, 0.3) is 0 Å². The third kappa shape index (κ3) is 3.24. The summed E-state index contributed by atoms with van der Waals surface area (Å²) in [4.78, 5) is 0. The van der Waals surface area contributed by atoms with Gasteiger partial charge in [0.25, 0.3) is 0 Å². The number of benzene rings is 1. The first-order valence-corrected chi connectivity index (χ1v) is 5.87. The molecule has 0 aliphatic carbocycles. The fraction of sp³-hybridized carbons (Fsp3) is 0.538. The summed E-state index contributed by atoms with van der Waals surface area (Å²) in [6.07, 6.45) is 2.61. The zero-order valence-corrected chi connectivity index (χ0v) is 9.37. The fourth-order valence-corrected chi connectivity index (χ4v) is 2.17.